The highest BCUT2D eigenvalue weighted by Gasteiger charge is 2.33. The summed E-state index contributed by atoms with van der Waals surface area (Å²) in [5, 5.41) is -0.368. The Kier molecular flexibility index (Phi) is 8.95. The third kappa shape index (κ3) is 5.57. The second-order valence-corrected chi connectivity index (χ2v) is 10.8. The fourth-order valence-electron chi connectivity index (χ4n) is 3.63. The Morgan fingerprint density at radius 1 is 0.528 bits per heavy atom. The minimum absolute atomic E-state index is 0.0983. The Morgan fingerprint density at radius 2 is 0.861 bits per heavy atom. The summed E-state index contributed by atoms with van der Waals surface area (Å²) < 4.78 is 11.1. The topological polar surface area (TPSA) is 86.7 Å². The first-order valence-electron chi connectivity index (χ1n) is 11.0. The van der Waals surface area contributed by atoms with Crippen LogP contribution in [-0.4, -0.2) is 59.4 Å². The molecule has 186 valence electrons. The van der Waals surface area contributed by atoms with Gasteiger partial charge in [0.1, 0.15) is 10.1 Å². The Balaban J connectivity index is 1.13. The van der Waals surface area contributed by atoms with Gasteiger partial charge in [0.2, 0.25) is 23.1 Å². The molecule has 10 heteroatoms. The van der Waals surface area contributed by atoms with E-state index in [4.69, 9.17) is 32.7 Å². The summed E-state index contributed by atoms with van der Waals surface area (Å²) >= 11 is 15.4. The second kappa shape index (κ2) is 12.1. The molecular formula is C26H20Cl2O6S2. The molecule has 2 aliphatic rings. The third-order valence-corrected chi connectivity index (χ3v) is 8.20. The van der Waals surface area contributed by atoms with E-state index in [0.29, 0.717) is 22.6 Å². The monoisotopic (exact) mass is 562 g/mol. The van der Waals surface area contributed by atoms with E-state index in [0.717, 1.165) is 11.5 Å². The molecule has 0 unspecified atom stereocenters. The van der Waals surface area contributed by atoms with Crippen molar-refractivity contribution in [3.05, 3.63) is 92.4 Å². The van der Waals surface area contributed by atoms with Crippen LogP contribution >= 0.6 is 46.7 Å². The fraction of sp³-hybridized carbons (Fsp3) is 0.231. The minimum Gasteiger partial charge on any atom is -0.487 e. The molecule has 2 aromatic rings. The van der Waals surface area contributed by atoms with Gasteiger partial charge in [-0.3, -0.25) is 19.2 Å². The molecule has 0 N–H and O–H groups in total. The third-order valence-electron chi connectivity index (χ3n) is 5.36. The molecule has 0 atom stereocenters. The molecule has 4 rings (SSSR count). The number of halogens is 2. The number of Topliss-reactive ketones (excluding diaryl/α,β-unsaturated/α-hetero) is 4. The van der Waals surface area contributed by atoms with Crippen molar-refractivity contribution >= 4 is 69.9 Å². The first-order valence-corrected chi connectivity index (χ1v) is 14.1. The molecule has 2 aromatic carbocycles. The number of benzene rings is 2. The van der Waals surface area contributed by atoms with Crippen molar-refractivity contribution < 1.29 is 28.7 Å². The van der Waals surface area contributed by atoms with Crippen LogP contribution in [0, 0.1) is 0 Å². The molecule has 0 bridgehead atoms. The van der Waals surface area contributed by atoms with Crippen LogP contribution in [0.2, 0.25) is 0 Å². The van der Waals surface area contributed by atoms with Crippen LogP contribution in [0.25, 0.3) is 0 Å². The number of rotatable bonds is 11. The van der Waals surface area contributed by atoms with E-state index in [9.17, 15) is 19.2 Å². The van der Waals surface area contributed by atoms with Gasteiger partial charge in [0.05, 0.1) is 13.2 Å². The predicted molar refractivity (Wildman–Crippen MR) is 143 cm³/mol. The maximum absolute atomic E-state index is 12.6. The molecule has 0 radical (unpaired) electrons. The van der Waals surface area contributed by atoms with E-state index in [1.165, 1.54) is 0 Å². The zero-order valence-corrected chi connectivity index (χ0v) is 22.0. The summed E-state index contributed by atoms with van der Waals surface area (Å²) in [6, 6.07) is 13.1. The van der Waals surface area contributed by atoms with Gasteiger partial charge < -0.3 is 9.47 Å². The molecule has 0 saturated heterocycles. The normalized spacial score (nSPS) is 15.3. The summed E-state index contributed by atoms with van der Waals surface area (Å²) in [6.07, 6.45) is 0. The highest BCUT2D eigenvalue weighted by Crippen LogP contribution is 2.30. The van der Waals surface area contributed by atoms with Crippen molar-refractivity contribution in [3.8, 4) is 0 Å². The quantitative estimate of drug-likeness (QED) is 0.329. The number of ether oxygens (including phenoxy) is 2. The minimum atomic E-state index is -0.409. The number of hydrogen-bond acceptors (Lipinski definition) is 8. The van der Waals surface area contributed by atoms with Crippen molar-refractivity contribution in [2.45, 2.75) is 0 Å². The molecule has 0 spiro atoms. The van der Waals surface area contributed by atoms with Crippen LogP contribution in [-0.2, 0) is 9.47 Å². The molecule has 6 nitrogen and oxygen atoms in total. The molecule has 2 aliphatic carbocycles. The predicted octanol–water partition coefficient (Wildman–Crippen LogP) is 5.55. The Bertz CT molecular complexity index is 1200. The lowest BCUT2D eigenvalue weighted by Gasteiger charge is -2.18. The Morgan fingerprint density at radius 3 is 1.22 bits per heavy atom. The highest BCUT2D eigenvalue weighted by molar-refractivity contribution is 8.02. The van der Waals surface area contributed by atoms with Crippen LogP contribution in [0.4, 0.5) is 0 Å². The summed E-state index contributed by atoms with van der Waals surface area (Å²) in [6.45, 7) is 0.491. The van der Waals surface area contributed by atoms with Crippen LogP contribution < -0.4 is 0 Å². The van der Waals surface area contributed by atoms with Gasteiger partial charge in [-0.2, -0.15) is 23.5 Å². The van der Waals surface area contributed by atoms with E-state index in [1.807, 2.05) is 0 Å². The zero-order chi connectivity index (χ0) is 25.7. The van der Waals surface area contributed by atoms with Gasteiger partial charge in [-0.1, -0.05) is 71.7 Å². The number of fused-ring (bicyclic) bond motifs is 2. The molecule has 0 saturated carbocycles. The van der Waals surface area contributed by atoms with Crippen LogP contribution in [0.1, 0.15) is 41.4 Å². The van der Waals surface area contributed by atoms with Crippen molar-refractivity contribution in [1.82, 2.24) is 0 Å². The number of thioether (sulfide) groups is 2. The van der Waals surface area contributed by atoms with Crippen molar-refractivity contribution in [1.29, 1.82) is 0 Å². The zero-order valence-electron chi connectivity index (χ0n) is 18.9. The lowest BCUT2D eigenvalue weighted by Crippen LogP contribution is -2.22. The van der Waals surface area contributed by atoms with E-state index in [2.05, 4.69) is 0 Å². The average molecular weight is 563 g/mol. The maximum atomic E-state index is 12.6. The molecular weight excluding hydrogens is 543 g/mol. The van der Waals surface area contributed by atoms with Gasteiger partial charge in [0.15, 0.2) is 11.5 Å². The smallest absolute Gasteiger partial charge is 0.230 e. The largest absolute Gasteiger partial charge is 0.487 e. The van der Waals surface area contributed by atoms with Crippen LogP contribution in [0.15, 0.2) is 70.1 Å². The molecule has 0 aliphatic heterocycles. The van der Waals surface area contributed by atoms with Crippen molar-refractivity contribution in [2.24, 2.45) is 0 Å². The second-order valence-electron chi connectivity index (χ2n) is 7.62. The van der Waals surface area contributed by atoms with Crippen molar-refractivity contribution in [2.75, 3.05) is 36.2 Å². The molecule has 0 fully saturated rings. The lowest BCUT2D eigenvalue weighted by atomic mass is 9.93. The van der Waals surface area contributed by atoms with E-state index >= 15 is 0 Å². The highest BCUT2D eigenvalue weighted by atomic mass is 35.5. The van der Waals surface area contributed by atoms with Gasteiger partial charge in [0.25, 0.3) is 0 Å². The van der Waals surface area contributed by atoms with Crippen LogP contribution in [0.3, 0.4) is 0 Å². The number of carbonyl (C=O) groups excluding carboxylic acids is 4. The number of hydrogen-bond donors (Lipinski definition) is 0. The average Bonchev–Trinajstić information content (AvgIpc) is 2.90. The molecule has 0 aromatic heterocycles. The number of carbonyl (C=O) groups is 4. The maximum Gasteiger partial charge on any atom is 0.230 e. The molecule has 0 heterocycles. The SMILES string of the molecule is O=C1C(Cl)=C(OCCSCCSCCOC2=C(Cl)C(=O)c3ccccc3C2=O)C(=O)c2ccccc21. The van der Waals surface area contributed by atoms with Gasteiger partial charge in [0, 0.05) is 45.3 Å². The first kappa shape index (κ1) is 26.5. The van der Waals surface area contributed by atoms with Crippen molar-refractivity contribution in [3.63, 3.8) is 0 Å². The molecule has 0 amide bonds. The fourth-order valence-corrected chi connectivity index (χ4v) is 5.87. The van der Waals surface area contributed by atoms with Crippen LogP contribution in [0.5, 0.6) is 0 Å². The standard InChI is InChI=1S/C26H20Cl2O6S2/c27-19-21(29)15-5-1-3-7-17(15)23(31)25(19)33-9-11-35-13-14-36-12-10-34-26-20(28)22(30)16-6-2-4-8-18(16)24(26)32/h1-8H,9-14H2. The Labute approximate surface area is 226 Å². The van der Waals surface area contributed by atoms with E-state index in [1.54, 1.807) is 72.1 Å². The van der Waals surface area contributed by atoms with E-state index < -0.39 is 11.6 Å². The molecule has 36 heavy (non-hydrogen) atoms. The summed E-state index contributed by atoms with van der Waals surface area (Å²) in [7, 11) is 0. The van der Waals surface area contributed by atoms with Gasteiger partial charge in [-0.15, -0.1) is 0 Å². The van der Waals surface area contributed by atoms with Gasteiger partial charge >= 0.3 is 0 Å². The van der Waals surface area contributed by atoms with E-state index in [-0.39, 0.29) is 57.5 Å². The number of allylic oxidation sites excluding steroid dienone is 4. The van der Waals surface area contributed by atoms with Gasteiger partial charge in [-0.25, -0.2) is 0 Å². The van der Waals surface area contributed by atoms with Gasteiger partial charge in [-0.05, 0) is 0 Å². The lowest BCUT2D eigenvalue weighted by molar-refractivity contribution is 0.0888. The Hall–Kier alpha value is -2.52. The summed E-state index contributed by atoms with van der Waals surface area (Å²) in [5.74, 6) is 1.11. The summed E-state index contributed by atoms with van der Waals surface area (Å²) in [5.41, 5.74) is 1.18. The summed E-state index contributed by atoms with van der Waals surface area (Å²) in [4.78, 5) is 49.9. The first-order chi connectivity index (χ1) is 17.4. The number of ketones is 4.